The molecular formula is C12H12N4O. The summed E-state index contributed by atoms with van der Waals surface area (Å²) in [4.78, 5) is 4.29. The van der Waals surface area contributed by atoms with E-state index in [0.717, 1.165) is 11.0 Å². The number of hydrogen-bond acceptors (Lipinski definition) is 4. The average Bonchev–Trinajstić information content (AvgIpc) is 2.95. The van der Waals surface area contributed by atoms with Crippen molar-refractivity contribution in [2.75, 3.05) is 0 Å². The van der Waals surface area contributed by atoms with Gasteiger partial charge in [-0.2, -0.15) is 0 Å². The van der Waals surface area contributed by atoms with E-state index in [9.17, 15) is 0 Å². The molecule has 0 bridgehead atoms. The molecule has 3 N–H and O–H groups in total. The van der Waals surface area contributed by atoms with Crippen LogP contribution in [0, 0.1) is 0 Å². The molecule has 3 rings (SSSR count). The Hall–Kier alpha value is -2.14. The molecule has 1 atom stereocenters. The summed E-state index contributed by atoms with van der Waals surface area (Å²) in [7, 11) is 0. The molecule has 0 fully saturated rings. The van der Waals surface area contributed by atoms with E-state index in [1.165, 1.54) is 0 Å². The highest BCUT2D eigenvalue weighted by Gasteiger charge is 2.12. The summed E-state index contributed by atoms with van der Waals surface area (Å²) in [6, 6.07) is 9.55. The summed E-state index contributed by atoms with van der Waals surface area (Å²) in [5.74, 6) is 1.84. The Morgan fingerprint density at radius 1 is 1.35 bits per heavy atom. The SMILES string of the molecule is CC(N)c1nc(-c2cc3ccccc3o2)n[nH]1. The van der Waals surface area contributed by atoms with Crippen LogP contribution in [-0.4, -0.2) is 15.2 Å². The highest BCUT2D eigenvalue weighted by Crippen LogP contribution is 2.25. The Bertz CT molecular complexity index is 620. The van der Waals surface area contributed by atoms with Gasteiger partial charge < -0.3 is 10.2 Å². The normalized spacial score (nSPS) is 13.1. The highest BCUT2D eigenvalue weighted by atomic mass is 16.3. The molecule has 2 heterocycles. The number of aromatic nitrogens is 3. The Kier molecular flexibility index (Phi) is 2.19. The molecule has 5 nitrogen and oxygen atoms in total. The van der Waals surface area contributed by atoms with Gasteiger partial charge in [0, 0.05) is 5.39 Å². The zero-order chi connectivity index (χ0) is 11.8. The van der Waals surface area contributed by atoms with E-state index in [0.29, 0.717) is 17.4 Å². The van der Waals surface area contributed by atoms with E-state index in [1.807, 2.05) is 37.3 Å². The van der Waals surface area contributed by atoms with E-state index in [-0.39, 0.29) is 6.04 Å². The summed E-state index contributed by atoms with van der Waals surface area (Å²) in [6.07, 6.45) is 0. The number of nitrogens with one attached hydrogen (secondary N) is 1. The molecule has 1 aromatic carbocycles. The van der Waals surface area contributed by atoms with Crippen LogP contribution in [-0.2, 0) is 0 Å². The summed E-state index contributed by atoms with van der Waals surface area (Å²) in [5.41, 5.74) is 6.54. The molecule has 0 aliphatic rings. The van der Waals surface area contributed by atoms with E-state index in [1.54, 1.807) is 0 Å². The van der Waals surface area contributed by atoms with E-state index >= 15 is 0 Å². The minimum Gasteiger partial charge on any atom is -0.453 e. The van der Waals surface area contributed by atoms with Crippen LogP contribution in [0.4, 0.5) is 0 Å². The molecule has 17 heavy (non-hydrogen) atoms. The maximum Gasteiger partial charge on any atom is 0.217 e. The minimum absolute atomic E-state index is 0.166. The molecule has 0 aliphatic heterocycles. The Balaban J connectivity index is 2.07. The van der Waals surface area contributed by atoms with Gasteiger partial charge in [-0.15, -0.1) is 5.10 Å². The van der Waals surface area contributed by atoms with Gasteiger partial charge >= 0.3 is 0 Å². The second kappa shape index (κ2) is 3.71. The minimum atomic E-state index is -0.166. The van der Waals surface area contributed by atoms with Crippen LogP contribution >= 0.6 is 0 Å². The van der Waals surface area contributed by atoms with Crippen molar-refractivity contribution in [3.05, 3.63) is 36.2 Å². The lowest BCUT2D eigenvalue weighted by atomic mass is 10.2. The third-order valence-corrected chi connectivity index (χ3v) is 2.58. The Morgan fingerprint density at radius 3 is 2.88 bits per heavy atom. The molecule has 5 heteroatoms. The first-order valence-electron chi connectivity index (χ1n) is 5.41. The van der Waals surface area contributed by atoms with Crippen molar-refractivity contribution < 1.29 is 4.42 Å². The zero-order valence-electron chi connectivity index (χ0n) is 9.34. The molecular weight excluding hydrogens is 216 g/mol. The largest absolute Gasteiger partial charge is 0.453 e. The van der Waals surface area contributed by atoms with E-state index < -0.39 is 0 Å². The van der Waals surface area contributed by atoms with Crippen LogP contribution < -0.4 is 5.73 Å². The molecule has 2 aromatic heterocycles. The summed E-state index contributed by atoms with van der Waals surface area (Å²) >= 11 is 0. The second-order valence-electron chi connectivity index (χ2n) is 3.98. The van der Waals surface area contributed by atoms with Crippen molar-refractivity contribution in [2.24, 2.45) is 5.73 Å². The number of H-pyrrole nitrogens is 1. The van der Waals surface area contributed by atoms with Gasteiger partial charge in [0.15, 0.2) is 5.76 Å². The lowest BCUT2D eigenvalue weighted by molar-refractivity contribution is 0.625. The first kappa shape index (κ1) is 10.0. The van der Waals surface area contributed by atoms with Gasteiger partial charge in [0.1, 0.15) is 11.4 Å². The molecule has 1 unspecified atom stereocenters. The van der Waals surface area contributed by atoms with Gasteiger partial charge in [-0.25, -0.2) is 4.98 Å². The van der Waals surface area contributed by atoms with Gasteiger partial charge in [-0.05, 0) is 19.1 Å². The molecule has 0 saturated heterocycles. The molecule has 0 radical (unpaired) electrons. The third kappa shape index (κ3) is 1.70. The Morgan fingerprint density at radius 2 is 2.18 bits per heavy atom. The number of hydrogen-bond donors (Lipinski definition) is 2. The number of furan rings is 1. The third-order valence-electron chi connectivity index (χ3n) is 2.58. The summed E-state index contributed by atoms with van der Waals surface area (Å²) in [5, 5.41) is 7.93. The van der Waals surface area contributed by atoms with Crippen LogP contribution in [0.2, 0.25) is 0 Å². The van der Waals surface area contributed by atoms with Crippen LogP contribution in [0.25, 0.3) is 22.6 Å². The zero-order valence-corrected chi connectivity index (χ0v) is 9.34. The molecule has 0 amide bonds. The number of para-hydroxylation sites is 1. The molecule has 3 aromatic rings. The lowest BCUT2D eigenvalue weighted by Gasteiger charge is -1.95. The van der Waals surface area contributed by atoms with Crippen molar-refractivity contribution in [1.82, 2.24) is 15.2 Å². The van der Waals surface area contributed by atoms with Crippen molar-refractivity contribution in [1.29, 1.82) is 0 Å². The average molecular weight is 228 g/mol. The molecule has 0 saturated carbocycles. The fourth-order valence-electron chi connectivity index (χ4n) is 1.68. The fraction of sp³-hybridized carbons (Fsp3) is 0.167. The van der Waals surface area contributed by atoms with Gasteiger partial charge in [-0.1, -0.05) is 18.2 Å². The maximum absolute atomic E-state index is 5.72. The van der Waals surface area contributed by atoms with Crippen LogP contribution in [0.15, 0.2) is 34.7 Å². The van der Waals surface area contributed by atoms with Crippen molar-refractivity contribution in [2.45, 2.75) is 13.0 Å². The predicted octanol–water partition coefficient (Wildman–Crippen LogP) is 2.24. The van der Waals surface area contributed by atoms with E-state index in [4.69, 9.17) is 10.2 Å². The quantitative estimate of drug-likeness (QED) is 0.704. The van der Waals surface area contributed by atoms with Gasteiger partial charge in [0.25, 0.3) is 0 Å². The Labute approximate surface area is 97.7 Å². The van der Waals surface area contributed by atoms with Crippen LogP contribution in [0.3, 0.4) is 0 Å². The number of aromatic amines is 1. The van der Waals surface area contributed by atoms with Gasteiger partial charge in [0.2, 0.25) is 5.82 Å². The topological polar surface area (TPSA) is 80.7 Å². The molecule has 86 valence electrons. The number of benzene rings is 1. The number of fused-ring (bicyclic) bond motifs is 1. The number of rotatable bonds is 2. The smallest absolute Gasteiger partial charge is 0.217 e. The molecule has 0 spiro atoms. The number of nitrogens with zero attached hydrogens (tertiary/aromatic N) is 2. The van der Waals surface area contributed by atoms with Gasteiger partial charge in [0.05, 0.1) is 6.04 Å². The standard InChI is InChI=1S/C12H12N4O/c1-7(13)11-14-12(16-15-11)10-6-8-4-2-3-5-9(8)17-10/h2-7H,13H2,1H3,(H,14,15,16). The van der Waals surface area contributed by atoms with E-state index in [2.05, 4.69) is 15.2 Å². The van der Waals surface area contributed by atoms with Crippen molar-refractivity contribution in [3.63, 3.8) is 0 Å². The first-order valence-corrected chi connectivity index (χ1v) is 5.41. The summed E-state index contributed by atoms with van der Waals surface area (Å²) < 4.78 is 5.66. The fourth-order valence-corrected chi connectivity index (χ4v) is 1.68. The predicted molar refractivity (Wildman–Crippen MR) is 64.2 cm³/mol. The van der Waals surface area contributed by atoms with Crippen LogP contribution in [0.1, 0.15) is 18.8 Å². The lowest BCUT2D eigenvalue weighted by Crippen LogP contribution is -2.06. The van der Waals surface area contributed by atoms with Crippen LogP contribution in [0.5, 0.6) is 0 Å². The monoisotopic (exact) mass is 228 g/mol. The maximum atomic E-state index is 5.72. The van der Waals surface area contributed by atoms with Crippen molar-refractivity contribution in [3.8, 4) is 11.6 Å². The summed E-state index contributed by atoms with van der Waals surface area (Å²) in [6.45, 7) is 1.85. The second-order valence-corrected chi connectivity index (χ2v) is 3.98. The number of nitrogens with two attached hydrogens (primary N) is 1. The first-order chi connectivity index (χ1) is 8.24. The molecule has 0 aliphatic carbocycles. The van der Waals surface area contributed by atoms with Gasteiger partial charge in [-0.3, -0.25) is 5.10 Å². The highest BCUT2D eigenvalue weighted by molar-refractivity contribution is 5.81. The van der Waals surface area contributed by atoms with Crippen molar-refractivity contribution >= 4 is 11.0 Å².